The Morgan fingerprint density at radius 1 is 1.29 bits per heavy atom. The van der Waals surface area contributed by atoms with Crippen LogP contribution in [-0.4, -0.2) is 31.0 Å². The first-order valence-corrected chi connectivity index (χ1v) is 7.01. The van der Waals surface area contributed by atoms with Gasteiger partial charge in [0.1, 0.15) is 11.8 Å². The Hall–Kier alpha value is -2.30. The van der Waals surface area contributed by atoms with E-state index in [0.29, 0.717) is 6.04 Å². The third-order valence-electron chi connectivity index (χ3n) is 3.22. The number of methoxy groups -OCH3 is 1. The summed E-state index contributed by atoms with van der Waals surface area (Å²) in [5.74, 6) is 0.343. The predicted octanol–water partition coefficient (Wildman–Crippen LogP) is 1.49. The lowest BCUT2D eigenvalue weighted by Crippen LogP contribution is -2.44. The summed E-state index contributed by atoms with van der Waals surface area (Å²) in [4.78, 5) is 23.5. The van der Waals surface area contributed by atoms with E-state index in [-0.39, 0.29) is 11.8 Å². The van der Waals surface area contributed by atoms with Crippen molar-refractivity contribution in [1.82, 2.24) is 10.6 Å². The van der Waals surface area contributed by atoms with Crippen LogP contribution in [0.3, 0.4) is 0 Å². The number of nitrogens with one attached hydrogen (secondary N) is 2. The van der Waals surface area contributed by atoms with Gasteiger partial charge < -0.3 is 15.4 Å². The number of carbonyl (C=O) groups is 2. The molecule has 1 fully saturated rings. The van der Waals surface area contributed by atoms with Gasteiger partial charge in [-0.1, -0.05) is 12.1 Å². The molecule has 1 unspecified atom stereocenters. The van der Waals surface area contributed by atoms with Crippen molar-refractivity contribution in [1.29, 1.82) is 0 Å². The molecule has 2 N–H and O–H groups in total. The maximum atomic E-state index is 11.8. The highest BCUT2D eigenvalue weighted by atomic mass is 16.5. The molecule has 0 heterocycles. The molecule has 0 spiro atoms. The van der Waals surface area contributed by atoms with Crippen LogP contribution < -0.4 is 15.4 Å². The summed E-state index contributed by atoms with van der Waals surface area (Å²) in [5, 5.41) is 5.50. The first-order chi connectivity index (χ1) is 10.1. The van der Waals surface area contributed by atoms with Gasteiger partial charge in [0.2, 0.25) is 11.8 Å². The molecule has 2 rings (SSSR count). The largest absolute Gasteiger partial charge is 0.497 e. The lowest BCUT2D eigenvalue weighted by atomic mass is 10.2. The van der Waals surface area contributed by atoms with Gasteiger partial charge in [0.05, 0.1) is 7.11 Å². The van der Waals surface area contributed by atoms with E-state index in [0.717, 1.165) is 24.2 Å². The van der Waals surface area contributed by atoms with E-state index in [2.05, 4.69) is 10.6 Å². The molecule has 1 aliphatic carbocycles. The summed E-state index contributed by atoms with van der Waals surface area (Å²) in [7, 11) is 1.60. The average molecular weight is 288 g/mol. The topological polar surface area (TPSA) is 67.4 Å². The average Bonchev–Trinajstić information content (AvgIpc) is 3.29. The standard InChI is InChI=1S/C16H20N2O3/c1-11(16(20)18-13-6-7-13)17-15(19)10-5-12-3-8-14(21-2)9-4-12/h3-5,8-11,13H,6-7H2,1-2H3,(H,17,19)(H,18,20)/b10-5+. The zero-order chi connectivity index (χ0) is 15.2. The van der Waals surface area contributed by atoms with Crippen LogP contribution in [0.4, 0.5) is 0 Å². The van der Waals surface area contributed by atoms with Gasteiger partial charge in [-0.15, -0.1) is 0 Å². The first kappa shape index (κ1) is 15.1. The molecule has 1 aromatic carbocycles. The van der Waals surface area contributed by atoms with Gasteiger partial charge in [-0.25, -0.2) is 0 Å². The van der Waals surface area contributed by atoms with Gasteiger partial charge in [-0.2, -0.15) is 0 Å². The molecule has 5 nitrogen and oxygen atoms in total. The minimum atomic E-state index is -0.529. The number of amides is 2. The van der Waals surface area contributed by atoms with E-state index in [1.54, 1.807) is 20.1 Å². The van der Waals surface area contributed by atoms with Crippen LogP contribution in [0.2, 0.25) is 0 Å². The molecule has 112 valence electrons. The number of benzene rings is 1. The fraction of sp³-hybridized carbons (Fsp3) is 0.375. The van der Waals surface area contributed by atoms with Crippen molar-refractivity contribution in [3.8, 4) is 5.75 Å². The molecule has 1 aliphatic rings. The van der Waals surface area contributed by atoms with E-state index in [1.165, 1.54) is 6.08 Å². The second kappa shape index (κ2) is 6.92. The molecular formula is C16H20N2O3. The minimum Gasteiger partial charge on any atom is -0.497 e. The minimum absolute atomic E-state index is 0.135. The van der Waals surface area contributed by atoms with Crippen LogP contribution in [-0.2, 0) is 9.59 Å². The third-order valence-corrected chi connectivity index (χ3v) is 3.22. The SMILES string of the molecule is COc1ccc(/C=C/C(=O)NC(C)C(=O)NC2CC2)cc1. The van der Waals surface area contributed by atoms with Gasteiger partial charge in [-0.3, -0.25) is 9.59 Å². The normalized spacial score (nSPS) is 15.5. The molecule has 1 saturated carbocycles. The summed E-state index contributed by atoms with van der Waals surface area (Å²) in [6.45, 7) is 1.68. The Morgan fingerprint density at radius 2 is 1.95 bits per heavy atom. The van der Waals surface area contributed by atoms with Crippen molar-refractivity contribution in [2.75, 3.05) is 7.11 Å². The monoisotopic (exact) mass is 288 g/mol. The lowest BCUT2D eigenvalue weighted by Gasteiger charge is -2.12. The number of hydrogen-bond acceptors (Lipinski definition) is 3. The Kier molecular flexibility index (Phi) is 4.98. The van der Waals surface area contributed by atoms with Crippen LogP contribution in [0.15, 0.2) is 30.3 Å². The Labute approximate surface area is 124 Å². The summed E-state index contributed by atoms with van der Waals surface area (Å²) >= 11 is 0. The van der Waals surface area contributed by atoms with Crippen LogP contribution in [0.1, 0.15) is 25.3 Å². The highest BCUT2D eigenvalue weighted by Gasteiger charge is 2.25. The fourth-order valence-corrected chi connectivity index (χ4v) is 1.77. The van der Waals surface area contributed by atoms with E-state index in [9.17, 15) is 9.59 Å². The molecule has 1 atom stereocenters. The fourth-order valence-electron chi connectivity index (χ4n) is 1.77. The highest BCUT2D eigenvalue weighted by molar-refractivity contribution is 5.95. The highest BCUT2D eigenvalue weighted by Crippen LogP contribution is 2.18. The van der Waals surface area contributed by atoms with Crippen molar-refractivity contribution < 1.29 is 14.3 Å². The molecule has 5 heteroatoms. The third kappa shape index (κ3) is 4.95. The van der Waals surface area contributed by atoms with E-state index in [1.807, 2.05) is 24.3 Å². The van der Waals surface area contributed by atoms with Gasteiger partial charge in [-0.05, 0) is 43.5 Å². The maximum absolute atomic E-state index is 11.8. The Morgan fingerprint density at radius 3 is 2.52 bits per heavy atom. The van der Waals surface area contributed by atoms with Crippen molar-refractivity contribution in [2.24, 2.45) is 0 Å². The van der Waals surface area contributed by atoms with E-state index in [4.69, 9.17) is 4.74 Å². The zero-order valence-corrected chi connectivity index (χ0v) is 12.3. The number of rotatable bonds is 6. The van der Waals surface area contributed by atoms with Gasteiger partial charge in [0.15, 0.2) is 0 Å². The summed E-state index contributed by atoms with van der Waals surface area (Å²) in [5.41, 5.74) is 0.890. The molecule has 0 aliphatic heterocycles. The second-order valence-corrected chi connectivity index (χ2v) is 5.12. The first-order valence-electron chi connectivity index (χ1n) is 7.01. The van der Waals surface area contributed by atoms with Crippen molar-refractivity contribution in [3.05, 3.63) is 35.9 Å². The molecular weight excluding hydrogens is 268 g/mol. The molecule has 0 aromatic heterocycles. The Balaban J connectivity index is 1.81. The van der Waals surface area contributed by atoms with Crippen LogP contribution in [0, 0.1) is 0 Å². The van der Waals surface area contributed by atoms with Crippen molar-refractivity contribution >= 4 is 17.9 Å². The quantitative estimate of drug-likeness (QED) is 0.779. The molecule has 0 bridgehead atoms. The second-order valence-electron chi connectivity index (χ2n) is 5.12. The smallest absolute Gasteiger partial charge is 0.244 e. The van der Waals surface area contributed by atoms with Crippen molar-refractivity contribution in [2.45, 2.75) is 31.8 Å². The molecule has 0 radical (unpaired) electrons. The van der Waals surface area contributed by atoms with Gasteiger partial charge >= 0.3 is 0 Å². The zero-order valence-electron chi connectivity index (χ0n) is 12.3. The molecule has 21 heavy (non-hydrogen) atoms. The van der Waals surface area contributed by atoms with E-state index >= 15 is 0 Å². The van der Waals surface area contributed by atoms with Crippen LogP contribution in [0.5, 0.6) is 5.75 Å². The molecule has 2 amide bonds. The van der Waals surface area contributed by atoms with Gasteiger partial charge in [0.25, 0.3) is 0 Å². The van der Waals surface area contributed by atoms with E-state index < -0.39 is 6.04 Å². The Bertz CT molecular complexity index is 533. The number of ether oxygens (including phenoxy) is 1. The lowest BCUT2D eigenvalue weighted by molar-refractivity contribution is -0.126. The van der Waals surface area contributed by atoms with Gasteiger partial charge in [0, 0.05) is 12.1 Å². The van der Waals surface area contributed by atoms with Crippen molar-refractivity contribution in [3.63, 3.8) is 0 Å². The number of carbonyl (C=O) groups excluding carboxylic acids is 2. The molecule has 1 aromatic rings. The summed E-state index contributed by atoms with van der Waals surface area (Å²) in [6, 6.07) is 7.12. The number of hydrogen-bond donors (Lipinski definition) is 2. The van der Waals surface area contributed by atoms with Crippen LogP contribution >= 0.6 is 0 Å². The maximum Gasteiger partial charge on any atom is 0.244 e. The van der Waals surface area contributed by atoms with Crippen LogP contribution in [0.25, 0.3) is 6.08 Å². The predicted molar refractivity (Wildman–Crippen MR) is 80.8 cm³/mol. The summed E-state index contributed by atoms with van der Waals surface area (Å²) in [6.07, 6.45) is 5.18. The molecule has 0 saturated heterocycles. The summed E-state index contributed by atoms with van der Waals surface area (Å²) < 4.78 is 5.06.